The largest absolute Gasteiger partial charge is 0.444 e. The molecule has 1 amide bonds. The Hall–Kier alpha value is -2.35. The van der Waals surface area contributed by atoms with Crippen LogP contribution < -0.4 is 4.90 Å². The Morgan fingerprint density at radius 3 is 2.06 bits per heavy atom. The molecule has 33 heavy (non-hydrogen) atoms. The molecular formula is C25H38N4O4. The van der Waals surface area contributed by atoms with Gasteiger partial charge in [0.2, 0.25) is 0 Å². The van der Waals surface area contributed by atoms with Crippen molar-refractivity contribution in [2.24, 2.45) is 5.41 Å². The summed E-state index contributed by atoms with van der Waals surface area (Å²) in [5.41, 5.74) is 1.17. The van der Waals surface area contributed by atoms with Gasteiger partial charge in [0.05, 0.1) is 4.92 Å². The number of carbonyl (C=O) groups is 1. The number of amides is 1. The van der Waals surface area contributed by atoms with Crippen LogP contribution in [0.1, 0.15) is 59.3 Å². The Morgan fingerprint density at radius 2 is 1.55 bits per heavy atom. The first-order valence-electron chi connectivity index (χ1n) is 12.4. The summed E-state index contributed by atoms with van der Waals surface area (Å²) in [4.78, 5) is 29.8. The van der Waals surface area contributed by atoms with E-state index in [1.165, 1.54) is 25.7 Å². The molecule has 0 unspecified atom stereocenters. The van der Waals surface area contributed by atoms with Crippen molar-refractivity contribution in [3.8, 4) is 0 Å². The number of nitro groups is 1. The molecule has 0 N–H and O–H groups in total. The van der Waals surface area contributed by atoms with Gasteiger partial charge in [-0.1, -0.05) is 0 Å². The number of anilines is 1. The van der Waals surface area contributed by atoms with E-state index in [0.29, 0.717) is 11.5 Å². The minimum atomic E-state index is -0.438. The molecular weight excluding hydrogens is 420 g/mol. The number of piperazine rings is 1. The van der Waals surface area contributed by atoms with E-state index in [4.69, 9.17) is 4.74 Å². The average molecular weight is 459 g/mol. The number of benzene rings is 1. The monoisotopic (exact) mass is 458 g/mol. The third kappa shape index (κ3) is 5.78. The molecule has 2 heterocycles. The molecule has 0 radical (unpaired) electrons. The quantitative estimate of drug-likeness (QED) is 0.483. The predicted octanol–water partition coefficient (Wildman–Crippen LogP) is 4.68. The summed E-state index contributed by atoms with van der Waals surface area (Å²) in [6.07, 6.45) is 7.00. The van der Waals surface area contributed by atoms with Crippen LogP contribution in [0.5, 0.6) is 0 Å². The molecule has 4 rings (SSSR count). The topological polar surface area (TPSA) is 79.2 Å². The van der Waals surface area contributed by atoms with Crippen molar-refractivity contribution < 1.29 is 14.5 Å². The number of non-ortho nitro benzene ring substituents is 1. The van der Waals surface area contributed by atoms with Gasteiger partial charge >= 0.3 is 6.09 Å². The van der Waals surface area contributed by atoms with Gasteiger partial charge in [0, 0.05) is 63.1 Å². The van der Waals surface area contributed by atoms with E-state index in [9.17, 15) is 14.9 Å². The highest BCUT2D eigenvalue weighted by Crippen LogP contribution is 2.45. The molecule has 1 aromatic carbocycles. The van der Waals surface area contributed by atoms with Crippen molar-refractivity contribution in [2.45, 2.75) is 70.9 Å². The molecule has 8 nitrogen and oxygen atoms in total. The lowest BCUT2D eigenvalue weighted by atomic mass is 9.66. The van der Waals surface area contributed by atoms with Crippen LogP contribution in [0.2, 0.25) is 0 Å². The Bertz CT molecular complexity index is 825. The van der Waals surface area contributed by atoms with Gasteiger partial charge in [-0.3, -0.25) is 15.0 Å². The molecule has 2 saturated heterocycles. The molecule has 2 aliphatic heterocycles. The summed E-state index contributed by atoms with van der Waals surface area (Å²) in [6, 6.07) is 7.56. The molecule has 3 aliphatic rings. The van der Waals surface area contributed by atoms with E-state index in [0.717, 1.165) is 57.8 Å². The van der Waals surface area contributed by atoms with Gasteiger partial charge in [0.15, 0.2) is 0 Å². The van der Waals surface area contributed by atoms with Crippen LogP contribution in [0.4, 0.5) is 16.2 Å². The minimum absolute atomic E-state index is 0.144. The van der Waals surface area contributed by atoms with Crippen molar-refractivity contribution in [1.82, 2.24) is 9.80 Å². The number of piperidine rings is 1. The normalized spacial score (nSPS) is 22.4. The SMILES string of the molecule is CC(C)(C)OC(=O)N1CCC2(CCC(N3CCN(c4ccc([N+](=O)[O-])cc4)CC3)CC2)CC1. The second-order valence-electron chi connectivity index (χ2n) is 11.0. The Kier molecular flexibility index (Phi) is 6.84. The van der Waals surface area contributed by atoms with Gasteiger partial charge in [-0.25, -0.2) is 4.79 Å². The fraction of sp³-hybridized carbons (Fsp3) is 0.720. The van der Waals surface area contributed by atoms with Crippen LogP contribution in [-0.2, 0) is 4.74 Å². The molecule has 0 atom stereocenters. The van der Waals surface area contributed by atoms with Crippen molar-refractivity contribution in [2.75, 3.05) is 44.2 Å². The third-order valence-corrected chi connectivity index (χ3v) is 7.75. The minimum Gasteiger partial charge on any atom is -0.444 e. The summed E-state index contributed by atoms with van der Waals surface area (Å²) in [5, 5.41) is 10.9. The Morgan fingerprint density at radius 1 is 0.970 bits per heavy atom. The van der Waals surface area contributed by atoms with Crippen LogP contribution in [0.25, 0.3) is 0 Å². The van der Waals surface area contributed by atoms with E-state index in [1.807, 2.05) is 37.8 Å². The Labute approximate surface area is 197 Å². The highest BCUT2D eigenvalue weighted by molar-refractivity contribution is 5.68. The van der Waals surface area contributed by atoms with Crippen LogP contribution in [0.15, 0.2) is 24.3 Å². The molecule has 0 bridgehead atoms. The summed E-state index contributed by atoms with van der Waals surface area (Å²) < 4.78 is 5.55. The second-order valence-corrected chi connectivity index (χ2v) is 11.0. The number of hydrogen-bond donors (Lipinski definition) is 0. The van der Waals surface area contributed by atoms with Gasteiger partial charge < -0.3 is 14.5 Å². The van der Waals surface area contributed by atoms with Crippen LogP contribution >= 0.6 is 0 Å². The van der Waals surface area contributed by atoms with Crippen molar-refractivity contribution in [3.63, 3.8) is 0 Å². The zero-order valence-electron chi connectivity index (χ0n) is 20.3. The maximum absolute atomic E-state index is 12.4. The van der Waals surface area contributed by atoms with Gasteiger partial charge in [0.1, 0.15) is 5.60 Å². The predicted molar refractivity (Wildman–Crippen MR) is 129 cm³/mol. The molecule has 3 fully saturated rings. The number of nitrogens with zero attached hydrogens (tertiary/aromatic N) is 4. The first-order valence-corrected chi connectivity index (χ1v) is 12.4. The van der Waals surface area contributed by atoms with Crippen LogP contribution in [0.3, 0.4) is 0 Å². The molecule has 1 aromatic rings. The molecule has 182 valence electrons. The summed E-state index contributed by atoms with van der Waals surface area (Å²) in [7, 11) is 0. The number of nitro benzene ring substituents is 1. The molecule has 1 aliphatic carbocycles. The van der Waals surface area contributed by atoms with Gasteiger partial charge in [-0.15, -0.1) is 0 Å². The van der Waals surface area contributed by atoms with Crippen molar-refractivity contribution in [3.05, 3.63) is 34.4 Å². The molecule has 1 spiro atoms. The van der Waals surface area contributed by atoms with Crippen LogP contribution in [-0.4, -0.2) is 71.7 Å². The van der Waals surface area contributed by atoms with Gasteiger partial charge in [-0.2, -0.15) is 0 Å². The van der Waals surface area contributed by atoms with Crippen molar-refractivity contribution >= 4 is 17.5 Å². The van der Waals surface area contributed by atoms with E-state index in [2.05, 4.69) is 9.80 Å². The first-order chi connectivity index (χ1) is 15.6. The van der Waals surface area contributed by atoms with E-state index in [-0.39, 0.29) is 16.7 Å². The molecule has 1 saturated carbocycles. The van der Waals surface area contributed by atoms with Crippen LogP contribution in [0, 0.1) is 15.5 Å². The number of hydrogen-bond acceptors (Lipinski definition) is 6. The molecule has 8 heteroatoms. The average Bonchev–Trinajstić information content (AvgIpc) is 2.79. The lowest BCUT2D eigenvalue weighted by molar-refractivity contribution is -0.384. The number of carbonyl (C=O) groups excluding carboxylic acids is 1. The summed E-state index contributed by atoms with van der Waals surface area (Å²) in [6.45, 7) is 11.4. The standard InChI is InChI=1S/C25H38N4O4/c1-24(2,3)33-23(30)28-14-12-25(13-15-28)10-8-21(9-11-25)27-18-16-26(17-19-27)20-4-6-22(7-5-20)29(31)32/h4-7,21H,8-19H2,1-3H3. The number of rotatable bonds is 3. The van der Waals surface area contributed by atoms with Gasteiger partial charge in [-0.05, 0) is 76.8 Å². The molecule has 0 aromatic heterocycles. The zero-order valence-corrected chi connectivity index (χ0v) is 20.3. The van der Waals surface area contributed by atoms with Gasteiger partial charge in [0.25, 0.3) is 5.69 Å². The van der Waals surface area contributed by atoms with E-state index in [1.54, 1.807) is 12.1 Å². The summed E-state index contributed by atoms with van der Waals surface area (Å²) in [5.74, 6) is 0. The first kappa shape index (κ1) is 23.8. The fourth-order valence-corrected chi connectivity index (χ4v) is 5.70. The third-order valence-electron chi connectivity index (χ3n) is 7.75. The maximum Gasteiger partial charge on any atom is 0.410 e. The lowest BCUT2D eigenvalue weighted by Gasteiger charge is -2.49. The van der Waals surface area contributed by atoms with E-state index >= 15 is 0 Å². The van der Waals surface area contributed by atoms with E-state index < -0.39 is 5.60 Å². The smallest absolute Gasteiger partial charge is 0.410 e. The Balaban J connectivity index is 1.22. The highest BCUT2D eigenvalue weighted by Gasteiger charge is 2.41. The maximum atomic E-state index is 12.4. The summed E-state index contributed by atoms with van der Waals surface area (Å²) >= 11 is 0. The van der Waals surface area contributed by atoms with Crippen molar-refractivity contribution in [1.29, 1.82) is 0 Å². The fourth-order valence-electron chi connectivity index (χ4n) is 5.70. The number of likely N-dealkylation sites (tertiary alicyclic amines) is 1. The highest BCUT2D eigenvalue weighted by atomic mass is 16.6. The lowest BCUT2D eigenvalue weighted by Crippen LogP contribution is -2.53. The second kappa shape index (κ2) is 9.49. The zero-order chi connectivity index (χ0) is 23.6. The number of ether oxygens (including phenoxy) is 1.